The maximum absolute atomic E-state index is 11.4. The number of carbonyl (C=O) groups is 1. The van der Waals surface area contributed by atoms with Gasteiger partial charge in [0.05, 0.1) is 6.10 Å². The van der Waals surface area contributed by atoms with Crippen LogP contribution < -0.4 is 10.9 Å². The minimum absolute atomic E-state index is 0.0739. The Balaban J connectivity index is 3.18. The lowest BCUT2D eigenvalue weighted by molar-refractivity contribution is -0.122. The largest absolute Gasteiger partial charge is 0.393 e. The van der Waals surface area contributed by atoms with Crippen LogP contribution in [0.2, 0.25) is 0 Å². The molecule has 1 amide bonds. The quantitative estimate of drug-likeness (QED) is 0.246. The van der Waals surface area contributed by atoms with Crippen LogP contribution in [-0.4, -0.2) is 23.7 Å². The summed E-state index contributed by atoms with van der Waals surface area (Å²) in [6, 6.07) is 0. The summed E-state index contributed by atoms with van der Waals surface area (Å²) in [5, 5.41) is 9.91. The van der Waals surface area contributed by atoms with E-state index in [1.165, 1.54) is 64.2 Å². The van der Waals surface area contributed by atoms with E-state index in [9.17, 15) is 9.90 Å². The molecule has 0 unspecified atom stereocenters. The predicted octanol–water partition coefficient (Wildman–Crippen LogP) is 4.86. The van der Waals surface area contributed by atoms with Crippen molar-refractivity contribution >= 4 is 5.91 Å². The second-order valence-corrected chi connectivity index (χ2v) is 6.95. The molecule has 0 aliphatic heterocycles. The molecule has 0 radical (unpaired) electrons. The first kappa shape index (κ1) is 23.4. The number of aliphatic hydroxyl groups excluding tert-OH is 1. The Labute approximate surface area is 150 Å². The summed E-state index contributed by atoms with van der Waals surface area (Å²) < 4.78 is 0. The van der Waals surface area contributed by atoms with E-state index in [1.54, 1.807) is 0 Å². The van der Waals surface area contributed by atoms with Gasteiger partial charge in [0.15, 0.2) is 0 Å². The molecule has 0 aromatic heterocycles. The zero-order valence-electron chi connectivity index (χ0n) is 16.2. The number of amides is 1. The van der Waals surface area contributed by atoms with Crippen LogP contribution in [0, 0.1) is 0 Å². The summed E-state index contributed by atoms with van der Waals surface area (Å²) in [6.45, 7) is 4.95. The topological polar surface area (TPSA) is 61.4 Å². The van der Waals surface area contributed by atoms with Crippen molar-refractivity contribution in [1.29, 1.82) is 0 Å². The van der Waals surface area contributed by atoms with Crippen molar-refractivity contribution in [2.75, 3.05) is 6.54 Å². The Morgan fingerprint density at radius 1 is 0.792 bits per heavy atom. The molecule has 0 aliphatic carbocycles. The van der Waals surface area contributed by atoms with Crippen LogP contribution >= 0.6 is 0 Å². The number of rotatable bonds is 18. The summed E-state index contributed by atoms with van der Waals surface area (Å²) in [5.41, 5.74) is 5.51. The second-order valence-electron chi connectivity index (χ2n) is 6.95. The highest BCUT2D eigenvalue weighted by Crippen LogP contribution is 2.14. The molecular formula is C20H42N2O2. The molecular weight excluding hydrogens is 300 g/mol. The SMILES string of the molecule is CCCCCC[C@@H](O)CCCCCCCCCCC(=O)NNCC. The van der Waals surface area contributed by atoms with Gasteiger partial charge in [-0.2, -0.15) is 0 Å². The van der Waals surface area contributed by atoms with Gasteiger partial charge in [-0.3, -0.25) is 10.2 Å². The van der Waals surface area contributed by atoms with Crippen LogP contribution in [0.4, 0.5) is 0 Å². The minimum atomic E-state index is -0.0739. The molecule has 3 N–H and O–H groups in total. The van der Waals surface area contributed by atoms with Gasteiger partial charge in [-0.1, -0.05) is 84.5 Å². The number of nitrogens with one attached hydrogen (secondary N) is 2. The molecule has 1 atom stereocenters. The van der Waals surface area contributed by atoms with Crippen molar-refractivity contribution in [3.05, 3.63) is 0 Å². The van der Waals surface area contributed by atoms with Crippen molar-refractivity contribution in [2.45, 2.75) is 116 Å². The smallest absolute Gasteiger partial charge is 0.234 e. The molecule has 24 heavy (non-hydrogen) atoms. The third-order valence-corrected chi connectivity index (χ3v) is 4.49. The van der Waals surface area contributed by atoms with E-state index >= 15 is 0 Å². The van der Waals surface area contributed by atoms with Crippen LogP contribution in [-0.2, 0) is 4.79 Å². The van der Waals surface area contributed by atoms with E-state index in [2.05, 4.69) is 17.8 Å². The van der Waals surface area contributed by atoms with E-state index in [0.29, 0.717) is 6.42 Å². The van der Waals surface area contributed by atoms with Gasteiger partial charge < -0.3 is 5.11 Å². The summed E-state index contributed by atoms with van der Waals surface area (Å²) >= 11 is 0. The van der Waals surface area contributed by atoms with Gasteiger partial charge >= 0.3 is 0 Å². The van der Waals surface area contributed by atoms with E-state index < -0.39 is 0 Å². The lowest BCUT2D eigenvalue weighted by atomic mass is 10.0. The van der Waals surface area contributed by atoms with Crippen LogP contribution in [0.1, 0.15) is 110 Å². The van der Waals surface area contributed by atoms with Gasteiger partial charge in [-0.15, -0.1) is 0 Å². The standard InChI is InChI=1S/C20H42N2O2/c1-3-5-6-13-16-19(23)17-14-11-9-7-8-10-12-15-18-20(24)22-21-4-2/h19,21,23H,3-18H2,1-2H3,(H,22,24)/t19-/m1/s1. The summed E-state index contributed by atoms with van der Waals surface area (Å²) in [4.78, 5) is 11.4. The van der Waals surface area contributed by atoms with E-state index in [1.807, 2.05) is 6.92 Å². The van der Waals surface area contributed by atoms with Gasteiger partial charge in [-0.05, 0) is 19.3 Å². The average molecular weight is 343 g/mol. The van der Waals surface area contributed by atoms with Gasteiger partial charge in [0.2, 0.25) is 5.91 Å². The van der Waals surface area contributed by atoms with Crippen molar-refractivity contribution in [2.24, 2.45) is 0 Å². The maximum Gasteiger partial charge on any atom is 0.234 e. The van der Waals surface area contributed by atoms with Crippen molar-refractivity contribution < 1.29 is 9.90 Å². The molecule has 0 bridgehead atoms. The zero-order valence-corrected chi connectivity index (χ0v) is 16.2. The fourth-order valence-electron chi connectivity index (χ4n) is 2.93. The van der Waals surface area contributed by atoms with Crippen molar-refractivity contribution in [1.82, 2.24) is 10.9 Å². The lowest BCUT2D eigenvalue weighted by Gasteiger charge is -2.10. The van der Waals surface area contributed by atoms with Crippen LogP contribution in [0.25, 0.3) is 0 Å². The normalized spacial score (nSPS) is 12.3. The first-order chi connectivity index (χ1) is 11.7. The van der Waals surface area contributed by atoms with E-state index in [-0.39, 0.29) is 12.0 Å². The van der Waals surface area contributed by atoms with Crippen molar-refractivity contribution in [3.8, 4) is 0 Å². The Morgan fingerprint density at radius 3 is 1.83 bits per heavy atom. The molecule has 0 rings (SSSR count). The van der Waals surface area contributed by atoms with E-state index in [4.69, 9.17) is 0 Å². The average Bonchev–Trinajstić information content (AvgIpc) is 2.58. The minimum Gasteiger partial charge on any atom is -0.393 e. The Kier molecular flexibility index (Phi) is 18.2. The molecule has 0 saturated heterocycles. The zero-order chi connectivity index (χ0) is 17.9. The number of carbonyl (C=O) groups excluding carboxylic acids is 1. The van der Waals surface area contributed by atoms with E-state index in [0.717, 1.165) is 32.2 Å². The molecule has 4 nitrogen and oxygen atoms in total. The highest BCUT2D eigenvalue weighted by atomic mass is 16.3. The number of hydrogen-bond acceptors (Lipinski definition) is 3. The first-order valence-corrected chi connectivity index (χ1v) is 10.4. The number of hydrazine groups is 1. The molecule has 0 saturated carbocycles. The predicted molar refractivity (Wildman–Crippen MR) is 103 cm³/mol. The van der Waals surface area contributed by atoms with Gasteiger partial charge in [0, 0.05) is 13.0 Å². The van der Waals surface area contributed by atoms with Crippen LogP contribution in [0.5, 0.6) is 0 Å². The fourth-order valence-corrected chi connectivity index (χ4v) is 2.93. The van der Waals surface area contributed by atoms with Crippen LogP contribution in [0.15, 0.2) is 0 Å². The molecule has 0 aliphatic rings. The maximum atomic E-state index is 11.4. The Bertz CT molecular complexity index is 272. The molecule has 0 fully saturated rings. The summed E-state index contributed by atoms with van der Waals surface area (Å²) in [7, 11) is 0. The van der Waals surface area contributed by atoms with Crippen LogP contribution in [0.3, 0.4) is 0 Å². The number of aliphatic hydroxyl groups is 1. The third-order valence-electron chi connectivity index (χ3n) is 4.49. The monoisotopic (exact) mass is 342 g/mol. The fraction of sp³-hybridized carbons (Fsp3) is 0.950. The molecule has 0 aromatic carbocycles. The Hall–Kier alpha value is -0.610. The Morgan fingerprint density at radius 2 is 1.29 bits per heavy atom. The van der Waals surface area contributed by atoms with Gasteiger partial charge in [-0.25, -0.2) is 5.43 Å². The molecule has 0 heterocycles. The lowest BCUT2D eigenvalue weighted by Crippen LogP contribution is -2.36. The second kappa shape index (κ2) is 18.7. The highest BCUT2D eigenvalue weighted by molar-refractivity contribution is 5.75. The first-order valence-electron chi connectivity index (χ1n) is 10.4. The van der Waals surface area contributed by atoms with Crippen molar-refractivity contribution in [3.63, 3.8) is 0 Å². The summed E-state index contributed by atoms with van der Waals surface area (Å²) in [6.07, 6.45) is 17.2. The number of unbranched alkanes of at least 4 members (excludes halogenated alkanes) is 10. The third kappa shape index (κ3) is 17.7. The highest BCUT2D eigenvalue weighted by Gasteiger charge is 2.03. The molecule has 0 spiro atoms. The van der Waals surface area contributed by atoms with Gasteiger partial charge in [0.25, 0.3) is 0 Å². The molecule has 144 valence electrons. The molecule has 0 aromatic rings. The summed E-state index contributed by atoms with van der Waals surface area (Å²) in [5.74, 6) is 0.102. The number of hydrogen-bond donors (Lipinski definition) is 3. The molecule has 4 heteroatoms. The van der Waals surface area contributed by atoms with Gasteiger partial charge in [0.1, 0.15) is 0 Å².